The van der Waals surface area contributed by atoms with E-state index >= 15 is 0 Å². The van der Waals surface area contributed by atoms with E-state index in [-0.39, 0.29) is 5.91 Å². The molecule has 1 aromatic rings. The van der Waals surface area contributed by atoms with Gasteiger partial charge in [0.2, 0.25) is 5.91 Å². The highest BCUT2D eigenvalue weighted by atomic mass is 16.5. The van der Waals surface area contributed by atoms with Gasteiger partial charge in [-0.15, -0.1) is 12.3 Å². The lowest BCUT2D eigenvalue weighted by molar-refractivity contribution is -0.121. The van der Waals surface area contributed by atoms with Gasteiger partial charge in [-0.05, 0) is 17.7 Å². The molecule has 0 bridgehead atoms. The largest absolute Gasteiger partial charge is 0.493 e. The van der Waals surface area contributed by atoms with Crippen LogP contribution in [-0.4, -0.2) is 20.1 Å². The number of carbonyl (C=O) groups is 1. The third-order valence-corrected chi connectivity index (χ3v) is 2.43. The number of methoxy groups -OCH3 is 2. The molecular formula is C14H17NO3. The van der Waals surface area contributed by atoms with Crippen molar-refractivity contribution in [2.24, 2.45) is 0 Å². The minimum absolute atomic E-state index is 0.0530. The maximum Gasteiger partial charge on any atom is 0.221 e. The molecule has 0 spiro atoms. The summed E-state index contributed by atoms with van der Waals surface area (Å²) >= 11 is 0. The lowest BCUT2D eigenvalue weighted by Gasteiger charge is -2.10. The Morgan fingerprint density at radius 2 is 2.06 bits per heavy atom. The summed E-state index contributed by atoms with van der Waals surface area (Å²) in [5.41, 5.74) is 0.946. The second kappa shape index (κ2) is 7.23. The topological polar surface area (TPSA) is 47.6 Å². The number of rotatable bonds is 6. The molecule has 0 aromatic heterocycles. The van der Waals surface area contributed by atoms with Crippen molar-refractivity contribution < 1.29 is 14.3 Å². The summed E-state index contributed by atoms with van der Waals surface area (Å²) < 4.78 is 10.3. The highest BCUT2D eigenvalue weighted by Gasteiger charge is 2.05. The van der Waals surface area contributed by atoms with Crippen LogP contribution in [-0.2, 0) is 11.3 Å². The molecule has 0 saturated heterocycles. The number of benzene rings is 1. The summed E-state index contributed by atoms with van der Waals surface area (Å²) in [5, 5.41) is 2.79. The normalized spacial score (nSPS) is 9.39. The Balaban J connectivity index is 2.58. The average molecular weight is 247 g/mol. The number of hydrogen-bond acceptors (Lipinski definition) is 3. The maximum atomic E-state index is 11.4. The number of carbonyl (C=O) groups excluding carboxylic acids is 1. The molecule has 18 heavy (non-hydrogen) atoms. The van der Waals surface area contributed by atoms with Gasteiger partial charge in [-0.2, -0.15) is 0 Å². The summed E-state index contributed by atoms with van der Waals surface area (Å²) in [6.07, 6.45) is 5.90. The van der Waals surface area contributed by atoms with Gasteiger partial charge >= 0.3 is 0 Å². The van der Waals surface area contributed by atoms with Crippen LogP contribution < -0.4 is 14.8 Å². The van der Waals surface area contributed by atoms with Crippen molar-refractivity contribution in [1.82, 2.24) is 5.32 Å². The van der Waals surface area contributed by atoms with Crippen LogP contribution in [0.5, 0.6) is 11.5 Å². The summed E-state index contributed by atoms with van der Waals surface area (Å²) in [4.78, 5) is 11.4. The highest BCUT2D eigenvalue weighted by Crippen LogP contribution is 2.27. The summed E-state index contributed by atoms with van der Waals surface area (Å²) in [5.74, 6) is 3.69. The van der Waals surface area contributed by atoms with Crippen LogP contribution >= 0.6 is 0 Å². The van der Waals surface area contributed by atoms with E-state index in [1.807, 2.05) is 18.2 Å². The van der Waals surface area contributed by atoms with Gasteiger partial charge in [0.25, 0.3) is 0 Å². The van der Waals surface area contributed by atoms with Crippen molar-refractivity contribution in [2.75, 3.05) is 14.2 Å². The average Bonchev–Trinajstić information content (AvgIpc) is 2.42. The minimum Gasteiger partial charge on any atom is -0.493 e. The number of terminal acetylenes is 1. The van der Waals surface area contributed by atoms with E-state index in [9.17, 15) is 4.79 Å². The molecule has 0 fully saturated rings. The molecule has 0 saturated carbocycles. The molecule has 0 heterocycles. The van der Waals surface area contributed by atoms with Crippen molar-refractivity contribution >= 4 is 5.91 Å². The van der Waals surface area contributed by atoms with Crippen molar-refractivity contribution in [3.63, 3.8) is 0 Å². The van der Waals surface area contributed by atoms with Gasteiger partial charge < -0.3 is 14.8 Å². The molecule has 96 valence electrons. The van der Waals surface area contributed by atoms with Crippen molar-refractivity contribution in [3.8, 4) is 23.8 Å². The maximum absolute atomic E-state index is 11.4. The molecule has 1 aromatic carbocycles. The lowest BCUT2D eigenvalue weighted by atomic mass is 10.2. The van der Waals surface area contributed by atoms with Crippen LogP contribution in [0.1, 0.15) is 18.4 Å². The Bertz CT molecular complexity index is 449. The molecular weight excluding hydrogens is 230 g/mol. The first-order valence-corrected chi connectivity index (χ1v) is 5.62. The molecule has 1 amide bonds. The van der Waals surface area contributed by atoms with Crippen LogP contribution in [0.3, 0.4) is 0 Å². The van der Waals surface area contributed by atoms with Crippen molar-refractivity contribution in [2.45, 2.75) is 19.4 Å². The predicted octanol–water partition coefficient (Wildman–Crippen LogP) is 1.73. The first-order valence-electron chi connectivity index (χ1n) is 5.62. The van der Waals surface area contributed by atoms with Crippen LogP contribution in [0.25, 0.3) is 0 Å². The number of ether oxygens (including phenoxy) is 2. The minimum atomic E-state index is -0.0530. The molecule has 1 rings (SSSR count). The van der Waals surface area contributed by atoms with Gasteiger partial charge in [-0.25, -0.2) is 0 Å². The van der Waals surface area contributed by atoms with E-state index in [1.165, 1.54) is 0 Å². The third kappa shape index (κ3) is 4.02. The highest BCUT2D eigenvalue weighted by molar-refractivity contribution is 5.76. The summed E-state index contributed by atoms with van der Waals surface area (Å²) in [6.45, 7) is 0.448. The Labute approximate surface area is 107 Å². The molecule has 4 heteroatoms. The van der Waals surface area contributed by atoms with E-state index in [2.05, 4.69) is 11.2 Å². The first kappa shape index (κ1) is 13.9. The van der Waals surface area contributed by atoms with Gasteiger partial charge in [0.1, 0.15) is 0 Å². The van der Waals surface area contributed by atoms with Gasteiger partial charge in [-0.3, -0.25) is 4.79 Å². The van der Waals surface area contributed by atoms with Crippen LogP contribution in [0.15, 0.2) is 18.2 Å². The molecule has 4 nitrogen and oxygen atoms in total. The monoisotopic (exact) mass is 247 g/mol. The first-order chi connectivity index (χ1) is 8.71. The smallest absolute Gasteiger partial charge is 0.221 e. The van der Waals surface area contributed by atoms with Crippen LogP contribution in [0.4, 0.5) is 0 Å². The van der Waals surface area contributed by atoms with Crippen LogP contribution in [0, 0.1) is 12.3 Å². The van der Waals surface area contributed by atoms with Gasteiger partial charge in [0.05, 0.1) is 14.2 Å². The molecule has 0 atom stereocenters. The Morgan fingerprint density at radius 1 is 1.33 bits per heavy atom. The van der Waals surface area contributed by atoms with Gasteiger partial charge in [0.15, 0.2) is 11.5 Å². The Morgan fingerprint density at radius 3 is 2.67 bits per heavy atom. The predicted molar refractivity (Wildman–Crippen MR) is 69.5 cm³/mol. The van der Waals surface area contributed by atoms with Crippen LogP contribution in [0.2, 0.25) is 0 Å². The third-order valence-electron chi connectivity index (χ3n) is 2.43. The zero-order chi connectivity index (χ0) is 13.4. The zero-order valence-corrected chi connectivity index (χ0v) is 10.7. The molecule has 0 aliphatic rings. The fraction of sp³-hybridized carbons (Fsp3) is 0.357. The SMILES string of the molecule is C#CCCC(=O)NCc1ccc(OC)c(OC)c1. The van der Waals surface area contributed by atoms with Gasteiger partial charge in [0, 0.05) is 19.4 Å². The van der Waals surface area contributed by atoms with Crippen molar-refractivity contribution in [3.05, 3.63) is 23.8 Å². The van der Waals surface area contributed by atoms with E-state index in [0.29, 0.717) is 30.9 Å². The van der Waals surface area contributed by atoms with E-state index < -0.39 is 0 Å². The van der Waals surface area contributed by atoms with Crippen molar-refractivity contribution in [1.29, 1.82) is 0 Å². The molecule has 0 aliphatic heterocycles. The summed E-state index contributed by atoms with van der Waals surface area (Å²) in [6, 6.07) is 5.52. The molecule has 0 unspecified atom stereocenters. The standard InChI is InChI=1S/C14H17NO3/c1-4-5-6-14(16)15-10-11-7-8-12(17-2)13(9-11)18-3/h1,7-9H,5-6,10H2,2-3H3,(H,15,16). The van der Waals surface area contributed by atoms with Gasteiger partial charge in [-0.1, -0.05) is 6.07 Å². The lowest BCUT2D eigenvalue weighted by Crippen LogP contribution is -2.22. The number of amides is 1. The second-order valence-corrected chi connectivity index (χ2v) is 3.67. The fourth-order valence-electron chi connectivity index (χ4n) is 1.47. The van der Waals surface area contributed by atoms with E-state index in [4.69, 9.17) is 15.9 Å². The quantitative estimate of drug-likeness (QED) is 0.779. The molecule has 0 aliphatic carbocycles. The Kier molecular flexibility index (Phi) is 5.59. The van der Waals surface area contributed by atoms with E-state index in [0.717, 1.165) is 5.56 Å². The van der Waals surface area contributed by atoms with E-state index in [1.54, 1.807) is 14.2 Å². The fourth-order valence-corrected chi connectivity index (χ4v) is 1.47. The molecule has 0 radical (unpaired) electrons. The number of hydrogen-bond donors (Lipinski definition) is 1. The zero-order valence-electron chi connectivity index (χ0n) is 10.7. The summed E-state index contributed by atoms with van der Waals surface area (Å²) in [7, 11) is 3.16. The number of nitrogens with one attached hydrogen (secondary N) is 1. The molecule has 1 N–H and O–H groups in total. The second-order valence-electron chi connectivity index (χ2n) is 3.67. The Hall–Kier alpha value is -2.15.